The minimum atomic E-state index is -3.62. The number of sulfone groups is 1. The van der Waals surface area contributed by atoms with Gasteiger partial charge in [0.15, 0.2) is 22.0 Å². The molecule has 2 N–H and O–H groups in total. The highest BCUT2D eigenvalue weighted by molar-refractivity contribution is 7.90. The first-order valence-corrected chi connectivity index (χ1v) is 17.6. The molecule has 2 atom stereocenters. The summed E-state index contributed by atoms with van der Waals surface area (Å²) in [6.07, 6.45) is 4.42. The van der Waals surface area contributed by atoms with Crippen LogP contribution in [0.4, 0.5) is 0 Å². The lowest BCUT2D eigenvalue weighted by Crippen LogP contribution is -2.49. The average Bonchev–Trinajstić information content (AvgIpc) is 3.02. The molecule has 2 unspecified atom stereocenters. The lowest BCUT2D eigenvalue weighted by Gasteiger charge is -2.23. The number of rotatable bonds is 19. The largest absolute Gasteiger partial charge is 0.479 e. The van der Waals surface area contributed by atoms with Crippen molar-refractivity contribution < 1.29 is 32.6 Å². The molecule has 0 fully saturated rings. The predicted molar refractivity (Wildman–Crippen MR) is 178 cm³/mol. The number of hydrogen-bond acceptors (Lipinski definition) is 6. The quantitative estimate of drug-likeness (QED) is 0.120. The third-order valence-electron chi connectivity index (χ3n) is 7.71. The van der Waals surface area contributed by atoms with Crippen molar-refractivity contribution in [3.63, 3.8) is 0 Å². The maximum Gasteiger partial charge on any atom is 0.336 e. The standard InChI is InChI=1S/C36H43NO7S/c1-45(41,42)26-44-34(36(39)40)33(43-23-11-3-5-13-28-19-21-30-15-7-9-17-32(30)25-28)35(38)37-22-10-2-4-12-27-18-20-29-14-6-8-16-31(29)24-27/h6-9,14-21,24-25,33-34H,2-5,10-13,22-23,26H2,1H3,(H,37,38)(H,39,40). The minimum absolute atomic E-state index is 0.146. The molecule has 0 heterocycles. The second-order valence-electron chi connectivity index (χ2n) is 11.5. The number of carbonyl (C=O) groups excluding carboxylic acids is 1. The van der Waals surface area contributed by atoms with Crippen LogP contribution < -0.4 is 5.32 Å². The van der Waals surface area contributed by atoms with E-state index >= 15 is 0 Å². The fourth-order valence-corrected chi connectivity index (χ4v) is 5.73. The highest BCUT2D eigenvalue weighted by atomic mass is 32.2. The summed E-state index contributed by atoms with van der Waals surface area (Å²) in [5.41, 5.74) is 2.50. The number of carbonyl (C=O) groups is 2. The maximum atomic E-state index is 13.1. The Hall–Kier alpha value is -3.79. The molecule has 4 rings (SSSR count). The van der Waals surface area contributed by atoms with E-state index in [0.717, 1.165) is 44.8 Å². The van der Waals surface area contributed by atoms with Crippen molar-refractivity contribution in [1.82, 2.24) is 5.32 Å². The highest BCUT2D eigenvalue weighted by Gasteiger charge is 2.36. The van der Waals surface area contributed by atoms with Crippen LogP contribution in [-0.4, -0.2) is 63.0 Å². The van der Waals surface area contributed by atoms with Crippen molar-refractivity contribution in [3.8, 4) is 0 Å². The van der Waals surface area contributed by atoms with Gasteiger partial charge >= 0.3 is 5.97 Å². The molecule has 0 aliphatic heterocycles. The lowest BCUT2D eigenvalue weighted by atomic mass is 10.0. The van der Waals surface area contributed by atoms with Gasteiger partial charge in [0.25, 0.3) is 5.91 Å². The second kappa shape index (κ2) is 17.1. The SMILES string of the molecule is CS(=O)(=O)COC(C(=O)O)C(OCCCCCc1ccc2ccccc2c1)C(=O)NCCCCCc1ccc2ccccc2c1. The van der Waals surface area contributed by atoms with Gasteiger partial charge in [-0.05, 0) is 71.2 Å². The lowest BCUT2D eigenvalue weighted by molar-refractivity contribution is -0.166. The summed E-state index contributed by atoms with van der Waals surface area (Å²) >= 11 is 0. The van der Waals surface area contributed by atoms with Gasteiger partial charge in [0, 0.05) is 19.4 Å². The van der Waals surface area contributed by atoms with Crippen molar-refractivity contribution in [2.45, 2.75) is 63.6 Å². The normalized spacial score (nSPS) is 13.1. The van der Waals surface area contributed by atoms with Gasteiger partial charge in [-0.1, -0.05) is 97.8 Å². The van der Waals surface area contributed by atoms with E-state index in [9.17, 15) is 23.1 Å². The monoisotopic (exact) mass is 633 g/mol. The molecule has 4 aromatic carbocycles. The molecule has 0 bridgehead atoms. The van der Waals surface area contributed by atoms with Gasteiger partial charge in [0.2, 0.25) is 0 Å². The average molecular weight is 634 g/mol. The predicted octanol–water partition coefficient (Wildman–Crippen LogP) is 6.09. The van der Waals surface area contributed by atoms with Crippen molar-refractivity contribution in [2.75, 3.05) is 25.3 Å². The van der Waals surface area contributed by atoms with Crippen LogP contribution in [0.1, 0.15) is 49.7 Å². The molecule has 0 spiro atoms. The smallest absolute Gasteiger partial charge is 0.336 e. The number of nitrogens with one attached hydrogen (secondary N) is 1. The van der Waals surface area contributed by atoms with Crippen molar-refractivity contribution in [1.29, 1.82) is 0 Å². The van der Waals surface area contributed by atoms with Gasteiger partial charge in [0.05, 0.1) is 0 Å². The van der Waals surface area contributed by atoms with E-state index < -0.39 is 39.9 Å². The number of unbranched alkanes of at least 4 members (excludes halogenated alkanes) is 4. The van der Waals surface area contributed by atoms with Crippen LogP contribution in [0.2, 0.25) is 0 Å². The molecule has 0 radical (unpaired) electrons. The first-order chi connectivity index (χ1) is 21.7. The Morgan fingerprint density at radius 2 is 1.22 bits per heavy atom. The van der Waals surface area contributed by atoms with Crippen LogP contribution in [0, 0.1) is 0 Å². The minimum Gasteiger partial charge on any atom is -0.479 e. The van der Waals surface area contributed by atoms with Crippen LogP contribution in [0.5, 0.6) is 0 Å². The number of aryl methyl sites for hydroxylation is 2. The van der Waals surface area contributed by atoms with E-state index in [4.69, 9.17) is 9.47 Å². The zero-order valence-electron chi connectivity index (χ0n) is 25.8. The van der Waals surface area contributed by atoms with Crippen molar-refractivity contribution >= 4 is 43.3 Å². The van der Waals surface area contributed by atoms with Crippen LogP contribution in [0.3, 0.4) is 0 Å². The highest BCUT2D eigenvalue weighted by Crippen LogP contribution is 2.19. The number of carboxylic acids is 1. The van der Waals surface area contributed by atoms with Gasteiger partial charge in [-0.3, -0.25) is 4.79 Å². The summed E-state index contributed by atoms with van der Waals surface area (Å²) in [5, 5.41) is 17.4. The summed E-state index contributed by atoms with van der Waals surface area (Å²) in [7, 11) is -3.62. The molecule has 9 heteroatoms. The molecule has 0 saturated heterocycles. The molecule has 240 valence electrons. The van der Waals surface area contributed by atoms with E-state index in [1.807, 2.05) is 24.3 Å². The van der Waals surface area contributed by atoms with E-state index in [1.54, 1.807) is 0 Å². The Bertz CT molecular complexity index is 1670. The Morgan fingerprint density at radius 1 is 0.689 bits per heavy atom. The first kappa shape index (κ1) is 34.1. The van der Waals surface area contributed by atoms with E-state index in [1.165, 1.54) is 32.7 Å². The molecular formula is C36H43NO7S. The molecular weight excluding hydrogens is 590 g/mol. The summed E-state index contributed by atoms with van der Waals surface area (Å²) in [5.74, 6) is -2.90. The first-order valence-electron chi connectivity index (χ1n) is 15.6. The summed E-state index contributed by atoms with van der Waals surface area (Å²) in [6.45, 7) is 0.494. The van der Waals surface area contributed by atoms with Gasteiger partial charge in [-0.2, -0.15) is 0 Å². The van der Waals surface area contributed by atoms with Gasteiger partial charge in [-0.15, -0.1) is 0 Å². The number of carboxylic acid groups (broad SMARTS) is 1. The van der Waals surface area contributed by atoms with Crippen LogP contribution in [-0.2, 0) is 41.7 Å². The zero-order valence-corrected chi connectivity index (χ0v) is 26.6. The molecule has 1 amide bonds. The second-order valence-corrected chi connectivity index (χ2v) is 13.6. The van der Waals surface area contributed by atoms with Crippen molar-refractivity contribution in [3.05, 3.63) is 96.1 Å². The fourth-order valence-electron chi connectivity index (χ4n) is 5.34. The van der Waals surface area contributed by atoms with E-state index in [0.29, 0.717) is 19.4 Å². The molecule has 8 nitrogen and oxygen atoms in total. The molecule has 45 heavy (non-hydrogen) atoms. The molecule has 0 aromatic heterocycles. The topological polar surface area (TPSA) is 119 Å². The summed E-state index contributed by atoms with van der Waals surface area (Å²) in [6, 6.07) is 29.3. The molecule has 0 saturated carbocycles. The number of benzene rings is 4. The molecule has 0 aliphatic carbocycles. The number of amides is 1. The fraction of sp³-hybridized carbons (Fsp3) is 0.389. The Kier molecular flexibility index (Phi) is 12.9. The summed E-state index contributed by atoms with van der Waals surface area (Å²) in [4.78, 5) is 25.1. The third kappa shape index (κ3) is 11.3. The van der Waals surface area contributed by atoms with E-state index in [-0.39, 0.29) is 6.61 Å². The summed E-state index contributed by atoms with van der Waals surface area (Å²) < 4.78 is 34.2. The third-order valence-corrected chi connectivity index (χ3v) is 8.28. The number of ether oxygens (including phenoxy) is 2. The van der Waals surface area contributed by atoms with Gasteiger partial charge < -0.3 is 19.9 Å². The Labute approximate surface area is 265 Å². The van der Waals surface area contributed by atoms with Crippen LogP contribution in [0.25, 0.3) is 21.5 Å². The van der Waals surface area contributed by atoms with Crippen molar-refractivity contribution in [2.24, 2.45) is 0 Å². The number of aliphatic carboxylic acids is 1. The van der Waals surface area contributed by atoms with Gasteiger partial charge in [-0.25, -0.2) is 13.2 Å². The molecule has 0 aliphatic rings. The zero-order chi connectivity index (χ0) is 32.1. The molecule has 4 aromatic rings. The number of fused-ring (bicyclic) bond motifs is 2. The Morgan fingerprint density at radius 3 is 1.76 bits per heavy atom. The number of hydrogen-bond donors (Lipinski definition) is 2. The van der Waals surface area contributed by atoms with E-state index in [2.05, 4.69) is 66.0 Å². The Balaban J connectivity index is 1.22. The van der Waals surface area contributed by atoms with Crippen LogP contribution >= 0.6 is 0 Å². The van der Waals surface area contributed by atoms with Crippen LogP contribution in [0.15, 0.2) is 84.9 Å². The van der Waals surface area contributed by atoms with Gasteiger partial charge in [0.1, 0.15) is 5.94 Å². The maximum absolute atomic E-state index is 13.1.